The van der Waals surface area contributed by atoms with Gasteiger partial charge in [0, 0.05) is 17.8 Å². The predicted octanol–water partition coefficient (Wildman–Crippen LogP) is 2.79. The van der Waals surface area contributed by atoms with Gasteiger partial charge < -0.3 is 5.32 Å². The van der Waals surface area contributed by atoms with Gasteiger partial charge in [0.1, 0.15) is 0 Å². The summed E-state index contributed by atoms with van der Waals surface area (Å²) in [7, 11) is 0. The molecule has 0 bridgehead atoms. The first-order chi connectivity index (χ1) is 8.40. The van der Waals surface area contributed by atoms with Crippen molar-refractivity contribution in [2.45, 2.75) is 32.2 Å². The monoisotopic (exact) mass is 229 g/mol. The second-order valence-electron chi connectivity index (χ2n) is 4.90. The van der Waals surface area contributed by atoms with Crippen molar-refractivity contribution in [1.29, 1.82) is 0 Å². The third-order valence-corrected chi connectivity index (χ3v) is 3.50. The average Bonchev–Trinajstić information content (AvgIpc) is 3.11. The summed E-state index contributed by atoms with van der Waals surface area (Å²) in [5.41, 5.74) is 2.61. The molecule has 1 aliphatic carbocycles. The van der Waals surface area contributed by atoms with E-state index in [1.807, 2.05) is 23.0 Å². The number of fused-ring (bicyclic) bond motifs is 1. The van der Waals surface area contributed by atoms with Crippen LogP contribution in [0.3, 0.4) is 0 Å². The zero-order chi connectivity index (χ0) is 11.7. The third kappa shape index (κ3) is 2.07. The van der Waals surface area contributed by atoms with E-state index in [2.05, 4.69) is 29.5 Å². The zero-order valence-corrected chi connectivity index (χ0v) is 10.3. The normalized spacial score (nSPS) is 17.5. The van der Waals surface area contributed by atoms with E-state index in [9.17, 15) is 0 Å². The van der Waals surface area contributed by atoms with Crippen LogP contribution >= 0.6 is 0 Å². The van der Waals surface area contributed by atoms with E-state index in [1.165, 1.54) is 30.3 Å². The van der Waals surface area contributed by atoms with Gasteiger partial charge in [0.25, 0.3) is 0 Å². The molecular formula is C14H19N3. The smallest absolute Gasteiger partial charge is 0.0709 e. The van der Waals surface area contributed by atoms with Crippen molar-refractivity contribution in [3.05, 3.63) is 36.2 Å². The molecule has 0 amide bonds. The number of hydrogen-bond acceptors (Lipinski definition) is 2. The van der Waals surface area contributed by atoms with Gasteiger partial charge >= 0.3 is 0 Å². The molecule has 1 unspecified atom stereocenters. The van der Waals surface area contributed by atoms with Gasteiger partial charge in [0.05, 0.1) is 11.7 Å². The summed E-state index contributed by atoms with van der Waals surface area (Å²) in [5, 5.41) is 8.11. The van der Waals surface area contributed by atoms with Crippen LogP contribution in [0, 0.1) is 5.92 Å². The van der Waals surface area contributed by atoms with Gasteiger partial charge in [-0.15, -0.1) is 0 Å². The Bertz CT molecular complexity index is 499. The molecule has 2 heterocycles. The highest BCUT2D eigenvalue weighted by molar-refractivity contribution is 5.55. The molecule has 0 saturated heterocycles. The Morgan fingerprint density at radius 2 is 2.35 bits per heavy atom. The quantitative estimate of drug-likeness (QED) is 0.854. The maximum atomic E-state index is 4.43. The molecule has 2 aromatic rings. The third-order valence-electron chi connectivity index (χ3n) is 3.50. The van der Waals surface area contributed by atoms with Crippen LogP contribution in [0.5, 0.6) is 0 Å². The van der Waals surface area contributed by atoms with E-state index in [0.29, 0.717) is 6.04 Å². The van der Waals surface area contributed by atoms with Gasteiger partial charge in [0.15, 0.2) is 0 Å². The highest BCUT2D eigenvalue weighted by Crippen LogP contribution is 2.42. The second-order valence-corrected chi connectivity index (χ2v) is 4.90. The van der Waals surface area contributed by atoms with Gasteiger partial charge in [-0.3, -0.25) is 0 Å². The summed E-state index contributed by atoms with van der Waals surface area (Å²) < 4.78 is 1.97. The van der Waals surface area contributed by atoms with Crippen LogP contribution in [-0.4, -0.2) is 16.2 Å². The first-order valence-corrected chi connectivity index (χ1v) is 6.56. The lowest BCUT2D eigenvalue weighted by atomic mass is 10.0. The van der Waals surface area contributed by atoms with Crippen LogP contribution in [0.25, 0.3) is 5.52 Å². The van der Waals surface area contributed by atoms with Crippen LogP contribution in [0.15, 0.2) is 30.6 Å². The van der Waals surface area contributed by atoms with Crippen LogP contribution in [0.1, 0.15) is 37.8 Å². The minimum atomic E-state index is 0.495. The van der Waals surface area contributed by atoms with Crippen molar-refractivity contribution in [1.82, 2.24) is 14.9 Å². The molecule has 1 saturated carbocycles. The Balaban J connectivity index is 1.94. The molecule has 0 aliphatic heterocycles. The van der Waals surface area contributed by atoms with Gasteiger partial charge in [-0.25, -0.2) is 4.52 Å². The Morgan fingerprint density at radius 1 is 1.47 bits per heavy atom. The Kier molecular flexibility index (Phi) is 2.85. The number of hydrogen-bond donors (Lipinski definition) is 1. The number of nitrogens with one attached hydrogen (secondary N) is 1. The van der Waals surface area contributed by atoms with Crippen molar-refractivity contribution in [3.8, 4) is 0 Å². The summed E-state index contributed by atoms with van der Waals surface area (Å²) in [6, 6.07) is 6.76. The van der Waals surface area contributed by atoms with Gasteiger partial charge in [-0.05, 0) is 43.9 Å². The molecule has 3 heteroatoms. The molecule has 3 nitrogen and oxygen atoms in total. The van der Waals surface area contributed by atoms with Gasteiger partial charge in [-0.2, -0.15) is 5.10 Å². The molecule has 0 aromatic carbocycles. The molecule has 90 valence electrons. The largest absolute Gasteiger partial charge is 0.310 e. The first kappa shape index (κ1) is 10.8. The van der Waals surface area contributed by atoms with Crippen LogP contribution in [0.2, 0.25) is 0 Å². The van der Waals surface area contributed by atoms with Crippen LogP contribution in [0.4, 0.5) is 0 Å². The maximum Gasteiger partial charge on any atom is 0.0709 e. The van der Waals surface area contributed by atoms with Crippen LogP contribution in [-0.2, 0) is 0 Å². The SMILES string of the molecule is CCCNC(c1cnn2ccccc12)C1CC1. The van der Waals surface area contributed by atoms with Crippen molar-refractivity contribution >= 4 is 5.52 Å². The number of aromatic nitrogens is 2. The zero-order valence-electron chi connectivity index (χ0n) is 10.3. The average molecular weight is 229 g/mol. The van der Waals surface area contributed by atoms with E-state index in [-0.39, 0.29) is 0 Å². The summed E-state index contributed by atoms with van der Waals surface area (Å²) in [6.45, 7) is 3.30. The highest BCUT2D eigenvalue weighted by Gasteiger charge is 2.33. The fraction of sp³-hybridized carbons (Fsp3) is 0.500. The fourth-order valence-electron chi connectivity index (χ4n) is 2.45. The standard InChI is InChI=1S/C14H19N3/c1-2-8-15-14(11-6-7-11)12-10-16-17-9-4-3-5-13(12)17/h3-5,9-11,14-15H,2,6-8H2,1H3. The van der Waals surface area contributed by atoms with E-state index >= 15 is 0 Å². The summed E-state index contributed by atoms with van der Waals surface area (Å²) in [6.07, 6.45) is 7.93. The highest BCUT2D eigenvalue weighted by atomic mass is 15.2. The minimum absolute atomic E-state index is 0.495. The Labute approximate surface area is 102 Å². The number of pyridine rings is 1. The summed E-state index contributed by atoms with van der Waals surface area (Å²) >= 11 is 0. The van der Waals surface area contributed by atoms with Crippen LogP contribution < -0.4 is 5.32 Å². The number of rotatable bonds is 5. The second kappa shape index (κ2) is 4.49. The summed E-state index contributed by atoms with van der Waals surface area (Å²) in [4.78, 5) is 0. The molecule has 1 aliphatic rings. The topological polar surface area (TPSA) is 29.3 Å². The lowest BCUT2D eigenvalue weighted by Gasteiger charge is -2.16. The Morgan fingerprint density at radius 3 is 3.12 bits per heavy atom. The van der Waals surface area contributed by atoms with Gasteiger partial charge in [0.2, 0.25) is 0 Å². The molecular weight excluding hydrogens is 210 g/mol. The molecule has 2 aromatic heterocycles. The van der Waals surface area contributed by atoms with Crippen molar-refractivity contribution in [2.24, 2.45) is 5.92 Å². The van der Waals surface area contributed by atoms with E-state index < -0.39 is 0 Å². The van der Waals surface area contributed by atoms with Gasteiger partial charge in [-0.1, -0.05) is 13.0 Å². The van der Waals surface area contributed by atoms with E-state index in [4.69, 9.17) is 0 Å². The molecule has 17 heavy (non-hydrogen) atoms. The predicted molar refractivity (Wildman–Crippen MR) is 69.0 cm³/mol. The molecule has 0 radical (unpaired) electrons. The summed E-state index contributed by atoms with van der Waals surface area (Å²) in [5.74, 6) is 0.815. The molecule has 0 spiro atoms. The minimum Gasteiger partial charge on any atom is -0.310 e. The fourth-order valence-corrected chi connectivity index (χ4v) is 2.45. The van der Waals surface area contributed by atoms with E-state index in [0.717, 1.165) is 12.5 Å². The van der Waals surface area contributed by atoms with E-state index in [1.54, 1.807) is 0 Å². The lowest BCUT2D eigenvalue weighted by Crippen LogP contribution is -2.23. The van der Waals surface area contributed by atoms with Crippen molar-refractivity contribution in [2.75, 3.05) is 6.54 Å². The van der Waals surface area contributed by atoms with Crippen molar-refractivity contribution in [3.63, 3.8) is 0 Å². The molecule has 1 atom stereocenters. The lowest BCUT2D eigenvalue weighted by molar-refractivity contribution is 0.484. The number of nitrogens with zero attached hydrogens (tertiary/aromatic N) is 2. The molecule has 1 N–H and O–H groups in total. The molecule has 3 rings (SSSR count). The first-order valence-electron chi connectivity index (χ1n) is 6.56. The Hall–Kier alpha value is -1.35. The molecule has 1 fully saturated rings. The maximum absolute atomic E-state index is 4.43. The van der Waals surface area contributed by atoms with Crippen molar-refractivity contribution < 1.29 is 0 Å².